The van der Waals surface area contributed by atoms with Crippen molar-refractivity contribution in [3.8, 4) is 0 Å². The summed E-state index contributed by atoms with van der Waals surface area (Å²) in [5.41, 5.74) is -8.69. The Kier molecular flexibility index (Phi) is 13.6. The third-order valence-corrected chi connectivity index (χ3v) is 14.5. The van der Waals surface area contributed by atoms with Crippen molar-refractivity contribution in [2.24, 2.45) is 28.6 Å². The van der Waals surface area contributed by atoms with Crippen LogP contribution in [0, 0.1) is 28.6 Å². The second kappa shape index (κ2) is 17.6. The number of aliphatic hydroxyl groups is 3. The molecule has 6 fully saturated rings. The quantitative estimate of drug-likeness (QED) is 0.153. The molecule has 0 aromatic heterocycles. The summed E-state index contributed by atoms with van der Waals surface area (Å²) in [7, 11) is 0. The van der Waals surface area contributed by atoms with Crippen LogP contribution >= 0.6 is 0 Å². The zero-order chi connectivity index (χ0) is 47.5. The Balaban J connectivity index is 1.38. The number of fused-ring (bicyclic) bond motifs is 4. The molecule has 20 heteroatoms. The zero-order valence-corrected chi connectivity index (χ0v) is 38.2. The molecule has 1 unspecified atom stereocenters. The predicted molar refractivity (Wildman–Crippen MR) is 213 cm³/mol. The van der Waals surface area contributed by atoms with Crippen LogP contribution in [0.25, 0.3) is 0 Å². The molecule has 0 amide bonds. The van der Waals surface area contributed by atoms with Gasteiger partial charge in [0.2, 0.25) is 0 Å². The van der Waals surface area contributed by atoms with Crippen LogP contribution in [-0.4, -0.2) is 142 Å². The van der Waals surface area contributed by atoms with Crippen molar-refractivity contribution in [1.82, 2.24) is 0 Å². The molecular weight excluding hydrogens is 848 g/mol. The van der Waals surface area contributed by atoms with Gasteiger partial charge < -0.3 is 62.7 Å². The van der Waals surface area contributed by atoms with Gasteiger partial charge in [-0.05, 0) is 78.1 Å². The van der Waals surface area contributed by atoms with Crippen molar-refractivity contribution >= 4 is 42.0 Å². The first-order chi connectivity index (χ1) is 29.6. The van der Waals surface area contributed by atoms with Crippen LogP contribution in [-0.2, 0) is 76.1 Å². The Morgan fingerprint density at radius 1 is 0.688 bits per heavy atom. The van der Waals surface area contributed by atoms with Crippen LogP contribution in [0.2, 0.25) is 0 Å². The minimum Gasteiger partial charge on any atom is -0.465 e. The van der Waals surface area contributed by atoms with Crippen molar-refractivity contribution in [3.63, 3.8) is 0 Å². The standard InChI is InChI=1S/C44H64O20/c1-21-34(60-25(5)48)35(61-26(6)49)36(62-27(7)50)37(57-21)63-28-15-32(59-24(4)47)43(20-55-22(2)45)33-29(11-13-42(43,53)16-28)44(54)14-12-31-40(44,17-30(33)58-23(3)46)18-41(31,52)19-56-38(51)64-39(8,9)10/h21,28-37,52-54H,11-20H2,1-10H3/t21-,28-,29+,30+,31-,32+,33+,34-,35+,36+,37-,40-,41?,42-,43+,44-/m0/s1. The number of ether oxygens (including phenoxy) is 10. The third-order valence-electron chi connectivity index (χ3n) is 14.5. The van der Waals surface area contributed by atoms with Gasteiger partial charge in [0.05, 0.1) is 28.8 Å². The first kappa shape index (κ1) is 49.3. The van der Waals surface area contributed by atoms with Crippen LogP contribution < -0.4 is 0 Å². The fourth-order valence-corrected chi connectivity index (χ4v) is 12.8. The van der Waals surface area contributed by atoms with E-state index in [1.54, 1.807) is 20.8 Å². The fraction of sp³-hybridized carbons (Fsp3) is 0.841. The minimum absolute atomic E-state index is 0.00676. The maximum Gasteiger partial charge on any atom is 0.508 e. The zero-order valence-electron chi connectivity index (χ0n) is 38.2. The molecule has 64 heavy (non-hydrogen) atoms. The summed E-state index contributed by atoms with van der Waals surface area (Å²) in [5.74, 6) is -6.91. The summed E-state index contributed by atoms with van der Waals surface area (Å²) in [6.07, 6.45) is -11.0. The monoisotopic (exact) mass is 912 g/mol. The molecule has 0 radical (unpaired) electrons. The Labute approximate surface area is 371 Å². The van der Waals surface area contributed by atoms with Gasteiger partial charge in [-0.3, -0.25) is 28.8 Å². The van der Waals surface area contributed by atoms with E-state index >= 15 is 0 Å². The van der Waals surface area contributed by atoms with Gasteiger partial charge in [0.25, 0.3) is 0 Å². The van der Waals surface area contributed by atoms with Gasteiger partial charge in [0.15, 0.2) is 24.6 Å². The Bertz CT molecular complexity index is 1860. The molecule has 5 saturated carbocycles. The maximum absolute atomic E-state index is 13.3. The van der Waals surface area contributed by atoms with E-state index in [1.807, 2.05) is 0 Å². The van der Waals surface area contributed by atoms with Crippen LogP contribution in [0.4, 0.5) is 4.79 Å². The maximum atomic E-state index is 13.3. The lowest BCUT2D eigenvalue weighted by Crippen LogP contribution is -2.79. The second-order valence-corrected chi connectivity index (χ2v) is 19.8. The predicted octanol–water partition coefficient (Wildman–Crippen LogP) is 2.49. The first-order valence-corrected chi connectivity index (χ1v) is 21.9. The SMILES string of the molecule is CC(=O)OC[C@@]12[C@@H]3[C@@H](CC[C@]1(O)C[C@@H](O[C@@H]1O[C@@H](C)[C@H](OC(C)=O)[C@@H](OC(C)=O)[C@H]1OC(C)=O)C[C@H]2OC(C)=O)[C@@]1(O)CC[C@@H]2C(O)(COC(=O)OC(C)(C)C)C[C@@]21C[C@H]3OC(C)=O. The molecule has 16 atom stereocenters. The van der Waals surface area contributed by atoms with Crippen LogP contribution in [0.15, 0.2) is 0 Å². The molecule has 1 spiro atoms. The summed E-state index contributed by atoms with van der Waals surface area (Å²) in [5, 5.41) is 38.4. The lowest BCUT2D eigenvalue weighted by atomic mass is 9.36. The average molecular weight is 913 g/mol. The summed E-state index contributed by atoms with van der Waals surface area (Å²) in [6.45, 7) is 12.5. The Hall–Kier alpha value is -4.11. The molecule has 20 nitrogen and oxygen atoms in total. The van der Waals surface area contributed by atoms with Crippen LogP contribution in [0.3, 0.4) is 0 Å². The van der Waals surface area contributed by atoms with Crippen molar-refractivity contribution in [1.29, 1.82) is 0 Å². The van der Waals surface area contributed by atoms with Crippen LogP contribution in [0.5, 0.6) is 0 Å². The highest BCUT2D eigenvalue weighted by Crippen LogP contribution is 2.77. The van der Waals surface area contributed by atoms with Gasteiger partial charge in [-0.2, -0.15) is 0 Å². The highest BCUT2D eigenvalue weighted by molar-refractivity contribution is 5.69. The molecule has 0 aromatic rings. The molecule has 6 aliphatic rings. The Morgan fingerprint density at radius 2 is 1.28 bits per heavy atom. The number of hydrogen-bond acceptors (Lipinski definition) is 20. The Morgan fingerprint density at radius 3 is 1.86 bits per heavy atom. The topological polar surface area (TPSA) is 272 Å². The largest absolute Gasteiger partial charge is 0.508 e. The molecule has 6 rings (SSSR count). The van der Waals surface area contributed by atoms with E-state index in [-0.39, 0.29) is 44.9 Å². The van der Waals surface area contributed by atoms with E-state index in [2.05, 4.69) is 0 Å². The van der Waals surface area contributed by atoms with Crippen molar-refractivity contribution in [3.05, 3.63) is 0 Å². The number of rotatable bonds is 11. The minimum atomic E-state index is -1.95. The van der Waals surface area contributed by atoms with E-state index in [1.165, 1.54) is 20.8 Å². The van der Waals surface area contributed by atoms with E-state index < -0.39 is 155 Å². The van der Waals surface area contributed by atoms with Gasteiger partial charge >= 0.3 is 42.0 Å². The summed E-state index contributed by atoms with van der Waals surface area (Å²) in [6, 6.07) is 0. The van der Waals surface area contributed by atoms with Gasteiger partial charge in [-0.15, -0.1) is 0 Å². The van der Waals surface area contributed by atoms with Gasteiger partial charge in [-0.1, -0.05) is 0 Å². The van der Waals surface area contributed by atoms with E-state index in [9.17, 15) is 48.9 Å². The molecule has 360 valence electrons. The smallest absolute Gasteiger partial charge is 0.465 e. The first-order valence-electron chi connectivity index (χ1n) is 21.9. The molecule has 1 heterocycles. The van der Waals surface area contributed by atoms with Gasteiger partial charge in [-0.25, -0.2) is 4.79 Å². The fourth-order valence-electron chi connectivity index (χ4n) is 12.8. The summed E-state index contributed by atoms with van der Waals surface area (Å²) in [4.78, 5) is 88.4. The molecule has 1 aliphatic heterocycles. The molecule has 0 bridgehead atoms. The second-order valence-electron chi connectivity index (χ2n) is 19.8. The lowest BCUT2D eigenvalue weighted by molar-refractivity contribution is -0.358. The molecule has 3 N–H and O–H groups in total. The molecule has 0 aromatic carbocycles. The molecular formula is C44H64O20. The summed E-state index contributed by atoms with van der Waals surface area (Å²) >= 11 is 0. The van der Waals surface area contributed by atoms with Crippen molar-refractivity contribution in [2.75, 3.05) is 13.2 Å². The molecule has 5 aliphatic carbocycles. The van der Waals surface area contributed by atoms with E-state index in [0.717, 1.165) is 27.7 Å². The number of carbonyl (C=O) groups excluding carboxylic acids is 7. The van der Waals surface area contributed by atoms with Crippen molar-refractivity contribution in [2.45, 2.75) is 192 Å². The number of carbonyl (C=O) groups is 7. The van der Waals surface area contributed by atoms with E-state index in [4.69, 9.17) is 47.4 Å². The van der Waals surface area contributed by atoms with E-state index in [0.29, 0.717) is 6.42 Å². The van der Waals surface area contributed by atoms with Crippen molar-refractivity contribution < 1.29 is 96.2 Å². The summed E-state index contributed by atoms with van der Waals surface area (Å²) < 4.78 is 58.0. The lowest BCUT2D eigenvalue weighted by Gasteiger charge is -2.72. The number of hydrogen-bond donors (Lipinski definition) is 3. The normalized spacial score (nSPS) is 42.0. The average Bonchev–Trinajstić information content (AvgIpc) is 3.38. The van der Waals surface area contributed by atoms with Crippen LogP contribution in [0.1, 0.15) is 121 Å². The number of esters is 6. The highest BCUT2D eigenvalue weighted by Gasteiger charge is 2.83. The van der Waals surface area contributed by atoms with Gasteiger partial charge in [0, 0.05) is 65.7 Å². The van der Waals surface area contributed by atoms with Gasteiger partial charge in [0.1, 0.15) is 36.6 Å². The third kappa shape index (κ3) is 8.92. The highest BCUT2D eigenvalue weighted by atomic mass is 16.7. The molecule has 1 saturated heterocycles.